The molecule has 1 saturated heterocycles. The van der Waals surface area contributed by atoms with Crippen molar-refractivity contribution in [3.8, 4) is 0 Å². The molecule has 0 saturated carbocycles. The molecule has 0 N–H and O–H groups in total. The van der Waals surface area contributed by atoms with Gasteiger partial charge in [-0.2, -0.15) is 0 Å². The summed E-state index contributed by atoms with van der Waals surface area (Å²) in [6, 6.07) is 0. The van der Waals surface area contributed by atoms with E-state index in [2.05, 4.69) is 19.6 Å². The molecule has 0 amide bonds. The van der Waals surface area contributed by atoms with Gasteiger partial charge in [0.25, 0.3) is 0 Å². The van der Waals surface area contributed by atoms with Gasteiger partial charge in [0.1, 0.15) is 0 Å². The molecule has 0 aromatic rings. The molecular formula is C5H2O8. The van der Waals surface area contributed by atoms with Gasteiger partial charge in [0.15, 0.2) is 6.42 Å². The van der Waals surface area contributed by atoms with E-state index < -0.39 is 30.3 Å². The van der Waals surface area contributed by atoms with E-state index in [9.17, 15) is 19.2 Å². The summed E-state index contributed by atoms with van der Waals surface area (Å²) in [5.41, 5.74) is 0. The van der Waals surface area contributed by atoms with Crippen LogP contribution in [0, 0.1) is 0 Å². The van der Waals surface area contributed by atoms with Crippen molar-refractivity contribution >= 4 is 23.9 Å². The first-order valence-corrected chi connectivity index (χ1v) is 2.92. The van der Waals surface area contributed by atoms with Crippen molar-refractivity contribution in [1.29, 1.82) is 0 Å². The minimum atomic E-state index is -1.59. The fourth-order valence-electron chi connectivity index (χ4n) is 0.413. The zero-order valence-corrected chi connectivity index (χ0v) is 5.97. The molecule has 13 heavy (non-hydrogen) atoms. The van der Waals surface area contributed by atoms with Gasteiger partial charge in [-0.05, 0) is 0 Å². The van der Waals surface area contributed by atoms with E-state index in [1.807, 2.05) is 0 Å². The molecule has 8 heteroatoms. The third-order valence-corrected chi connectivity index (χ3v) is 0.876. The van der Waals surface area contributed by atoms with Gasteiger partial charge in [0, 0.05) is 0 Å². The van der Waals surface area contributed by atoms with Gasteiger partial charge < -0.3 is 0 Å². The van der Waals surface area contributed by atoms with Gasteiger partial charge in [-0.25, -0.2) is 38.7 Å². The van der Waals surface area contributed by atoms with Gasteiger partial charge in [0.2, 0.25) is 0 Å². The highest BCUT2D eigenvalue weighted by Gasteiger charge is 2.28. The molecule has 0 atom stereocenters. The molecule has 0 bridgehead atoms. The van der Waals surface area contributed by atoms with E-state index in [-0.39, 0.29) is 0 Å². The summed E-state index contributed by atoms with van der Waals surface area (Å²) in [6.45, 7) is 0. The molecule has 1 fully saturated rings. The largest absolute Gasteiger partial charge is 0.467 e. The Hall–Kier alpha value is -2.12. The Kier molecular flexibility index (Phi) is 2.43. The lowest BCUT2D eigenvalue weighted by molar-refractivity contribution is -0.269. The predicted octanol–water partition coefficient (Wildman–Crippen LogP) is -1.61. The van der Waals surface area contributed by atoms with Crippen LogP contribution in [0.2, 0.25) is 0 Å². The van der Waals surface area contributed by atoms with Crippen LogP contribution in [0.25, 0.3) is 0 Å². The van der Waals surface area contributed by atoms with Crippen LogP contribution in [-0.4, -0.2) is 23.9 Å². The molecule has 70 valence electrons. The van der Waals surface area contributed by atoms with Crippen LogP contribution in [0.5, 0.6) is 0 Å². The van der Waals surface area contributed by atoms with Gasteiger partial charge in [-0.1, -0.05) is 0 Å². The quantitative estimate of drug-likeness (QED) is 0.255. The second-order valence-electron chi connectivity index (χ2n) is 1.83. The Labute approximate surface area is 70.2 Å². The summed E-state index contributed by atoms with van der Waals surface area (Å²) in [5, 5.41) is 0. The first-order chi connectivity index (χ1) is 6.09. The van der Waals surface area contributed by atoms with Crippen molar-refractivity contribution in [2.24, 2.45) is 0 Å². The van der Waals surface area contributed by atoms with Crippen LogP contribution in [0.3, 0.4) is 0 Å². The van der Waals surface area contributed by atoms with E-state index in [1.165, 1.54) is 0 Å². The molecule has 8 nitrogen and oxygen atoms in total. The van der Waals surface area contributed by atoms with Crippen LogP contribution >= 0.6 is 0 Å². The summed E-state index contributed by atoms with van der Waals surface area (Å²) in [6.07, 6.45) is -0.819. The number of carbonyl (C=O) groups excluding carboxylic acids is 4. The number of hydrogen-bond donors (Lipinski definition) is 0. The summed E-state index contributed by atoms with van der Waals surface area (Å²) < 4.78 is 0. The minimum absolute atomic E-state index is 0.819. The fraction of sp³-hybridized carbons (Fsp3) is 0.200. The highest BCUT2D eigenvalue weighted by Crippen LogP contribution is 1.98. The average molecular weight is 190 g/mol. The molecule has 0 unspecified atom stereocenters. The Morgan fingerprint density at radius 3 is 1.46 bits per heavy atom. The van der Waals surface area contributed by atoms with Crippen LogP contribution < -0.4 is 0 Å². The Morgan fingerprint density at radius 2 is 1.08 bits per heavy atom. The summed E-state index contributed by atoms with van der Waals surface area (Å²) >= 11 is 0. The SMILES string of the molecule is O=C1CC(=O)OOC(=O)C(=O)OO1. The normalized spacial score (nSPS) is 18.5. The molecule has 0 aromatic carbocycles. The molecule has 0 spiro atoms. The van der Waals surface area contributed by atoms with Crippen molar-refractivity contribution in [3.63, 3.8) is 0 Å². The topological polar surface area (TPSA) is 105 Å². The van der Waals surface area contributed by atoms with Crippen molar-refractivity contribution in [2.75, 3.05) is 0 Å². The van der Waals surface area contributed by atoms with Gasteiger partial charge >= 0.3 is 23.9 Å². The molecule has 1 rings (SSSR count). The molecular weight excluding hydrogens is 188 g/mol. The highest BCUT2D eigenvalue weighted by atomic mass is 17.2. The lowest BCUT2D eigenvalue weighted by Gasteiger charge is -1.95. The van der Waals surface area contributed by atoms with E-state index in [4.69, 9.17) is 0 Å². The van der Waals surface area contributed by atoms with Gasteiger partial charge in [-0.15, -0.1) is 0 Å². The third-order valence-electron chi connectivity index (χ3n) is 0.876. The third kappa shape index (κ3) is 2.43. The van der Waals surface area contributed by atoms with Crippen molar-refractivity contribution < 1.29 is 38.7 Å². The Bertz CT molecular complexity index is 250. The lowest BCUT2D eigenvalue weighted by atomic mass is 10.5. The summed E-state index contributed by atoms with van der Waals surface area (Å²) in [4.78, 5) is 56.5. The van der Waals surface area contributed by atoms with E-state index in [0.29, 0.717) is 0 Å². The molecule has 1 heterocycles. The van der Waals surface area contributed by atoms with E-state index >= 15 is 0 Å². The van der Waals surface area contributed by atoms with Gasteiger partial charge in [0.05, 0.1) is 0 Å². The highest BCUT2D eigenvalue weighted by molar-refractivity contribution is 6.29. The second kappa shape index (κ2) is 3.52. The smallest absolute Gasteiger partial charge is 0.247 e. The number of rotatable bonds is 0. The maximum absolute atomic E-state index is 10.5. The Balaban J connectivity index is 2.68. The van der Waals surface area contributed by atoms with Crippen LogP contribution in [0.4, 0.5) is 0 Å². The van der Waals surface area contributed by atoms with Crippen LogP contribution in [0.1, 0.15) is 6.42 Å². The second-order valence-corrected chi connectivity index (χ2v) is 1.83. The van der Waals surface area contributed by atoms with E-state index in [0.717, 1.165) is 0 Å². The maximum atomic E-state index is 10.5. The molecule has 1 aliphatic rings. The fourth-order valence-corrected chi connectivity index (χ4v) is 0.413. The van der Waals surface area contributed by atoms with Crippen LogP contribution in [0.15, 0.2) is 0 Å². The van der Waals surface area contributed by atoms with E-state index in [1.54, 1.807) is 0 Å². The summed E-state index contributed by atoms with van der Waals surface area (Å²) in [7, 11) is 0. The standard InChI is InChI=1S/C5H2O8/c6-2-1-3(7)11-13-5(9)4(8)12-10-2/h1H2. The molecule has 0 radical (unpaired) electrons. The van der Waals surface area contributed by atoms with Crippen molar-refractivity contribution in [3.05, 3.63) is 0 Å². The maximum Gasteiger partial charge on any atom is 0.467 e. The zero-order valence-electron chi connectivity index (χ0n) is 5.97. The van der Waals surface area contributed by atoms with Gasteiger partial charge in [-0.3, -0.25) is 0 Å². The predicted molar refractivity (Wildman–Crippen MR) is 29.0 cm³/mol. The average Bonchev–Trinajstić information content (AvgIpc) is 2.12. The van der Waals surface area contributed by atoms with Crippen molar-refractivity contribution in [2.45, 2.75) is 6.42 Å². The molecule has 1 aliphatic heterocycles. The first kappa shape index (κ1) is 8.97. The van der Waals surface area contributed by atoms with Crippen LogP contribution in [-0.2, 0) is 38.7 Å². The number of carbonyl (C=O) groups is 4. The zero-order chi connectivity index (χ0) is 9.84. The Morgan fingerprint density at radius 1 is 0.692 bits per heavy atom. The molecule has 0 aromatic heterocycles. The first-order valence-electron chi connectivity index (χ1n) is 2.92. The monoisotopic (exact) mass is 190 g/mol. The summed E-state index contributed by atoms with van der Waals surface area (Å²) in [5.74, 6) is -5.53. The molecule has 0 aliphatic carbocycles. The van der Waals surface area contributed by atoms with Crippen molar-refractivity contribution in [1.82, 2.24) is 0 Å². The number of hydrogen-bond acceptors (Lipinski definition) is 8. The lowest BCUT2D eigenvalue weighted by Crippen LogP contribution is -2.20. The minimum Gasteiger partial charge on any atom is -0.247 e.